The SMILES string of the molecule is Cc1ccc(C2=C[C@@H](c3ccc(Br)cc3)n3ncnc3N2)cc1. The van der Waals surface area contributed by atoms with Gasteiger partial charge in [-0.2, -0.15) is 10.1 Å². The van der Waals surface area contributed by atoms with E-state index in [1.807, 2.05) is 16.8 Å². The lowest BCUT2D eigenvalue weighted by Gasteiger charge is -2.24. The second-order valence-corrected chi connectivity index (χ2v) is 6.51. The van der Waals surface area contributed by atoms with Gasteiger partial charge >= 0.3 is 0 Å². The smallest absolute Gasteiger partial charge is 0.226 e. The van der Waals surface area contributed by atoms with Crippen LogP contribution in [0.25, 0.3) is 5.70 Å². The van der Waals surface area contributed by atoms with Crippen LogP contribution in [0.3, 0.4) is 0 Å². The summed E-state index contributed by atoms with van der Waals surface area (Å²) < 4.78 is 2.97. The second-order valence-electron chi connectivity index (χ2n) is 5.60. The summed E-state index contributed by atoms with van der Waals surface area (Å²) in [7, 11) is 0. The maximum atomic E-state index is 4.37. The van der Waals surface area contributed by atoms with Gasteiger partial charge < -0.3 is 5.32 Å². The summed E-state index contributed by atoms with van der Waals surface area (Å²) in [6, 6.07) is 16.8. The van der Waals surface area contributed by atoms with Crippen molar-refractivity contribution in [3.8, 4) is 0 Å². The van der Waals surface area contributed by atoms with Crippen LogP contribution in [0.2, 0.25) is 0 Å². The molecule has 0 amide bonds. The van der Waals surface area contributed by atoms with E-state index in [4.69, 9.17) is 0 Å². The van der Waals surface area contributed by atoms with Crippen LogP contribution in [0, 0.1) is 6.92 Å². The van der Waals surface area contributed by atoms with E-state index in [0.717, 1.165) is 21.7 Å². The van der Waals surface area contributed by atoms with E-state index < -0.39 is 0 Å². The minimum atomic E-state index is 0.0261. The first kappa shape index (κ1) is 14.2. The van der Waals surface area contributed by atoms with E-state index >= 15 is 0 Å². The molecule has 0 bridgehead atoms. The molecule has 1 aliphatic rings. The quantitative estimate of drug-likeness (QED) is 0.730. The van der Waals surface area contributed by atoms with E-state index in [9.17, 15) is 0 Å². The molecular weight excluding hydrogens is 352 g/mol. The summed E-state index contributed by atoms with van der Waals surface area (Å²) in [5, 5.41) is 7.73. The van der Waals surface area contributed by atoms with Gasteiger partial charge in [0.25, 0.3) is 0 Å². The van der Waals surface area contributed by atoms with E-state index in [1.54, 1.807) is 6.33 Å². The minimum absolute atomic E-state index is 0.0261. The summed E-state index contributed by atoms with van der Waals surface area (Å²) in [4.78, 5) is 4.33. The largest absolute Gasteiger partial charge is 0.324 e. The highest BCUT2D eigenvalue weighted by Crippen LogP contribution is 2.32. The lowest BCUT2D eigenvalue weighted by molar-refractivity contribution is 0.612. The fraction of sp³-hybridized carbons (Fsp3) is 0.111. The third-order valence-electron chi connectivity index (χ3n) is 3.98. The van der Waals surface area contributed by atoms with Crippen LogP contribution >= 0.6 is 15.9 Å². The number of aryl methyl sites for hydroxylation is 1. The van der Waals surface area contributed by atoms with Crippen molar-refractivity contribution in [3.05, 3.63) is 82.1 Å². The maximum Gasteiger partial charge on any atom is 0.226 e. The Labute approximate surface area is 143 Å². The summed E-state index contributed by atoms with van der Waals surface area (Å²) >= 11 is 3.49. The number of nitrogens with zero attached hydrogens (tertiary/aromatic N) is 3. The Hall–Kier alpha value is -2.40. The number of allylic oxidation sites excluding steroid dienone is 1. The van der Waals surface area contributed by atoms with E-state index in [2.05, 4.69) is 80.7 Å². The van der Waals surface area contributed by atoms with Gasteiger partial charge in [0.05, 0.1) is 0 Å². The zero-order chi connectivity index (χ0) is 15.8. The van der Waals surface area contributed by atoms with Crippen LogP contribution in [-0.4, -0.2) is 14.8 Å². The number of aromatic nitrogens is 3. The Morgan fingerprint density at radius 1 is 1.04 bits per heavy atom. The molecule has 1 aliphatic heterocycles. The van der Waals surface area contributed by atoms with Crippen molar-refractivity contribution in [1.82, 2.24) is 14.8 Å². The van der Waals surface area contributed by atoms with Crippen LogP contribution < -0.4 is 5.32 Å². The number of hydrogen-bond acceptors (Lipinski definition) is 3. The molecular formula is C18H15BrN4. The van der Waals surface area contributed by atoms with Crippen molar-refractivity contribution in [3.63, 3.8) is 0 Å². The van der Waals surface area contributed by atoms with Gasteiger partial charge in [-0.3, -0.25) is 0 Å². The monoisotopic (exact) mass is 366 g/mol. The zero-order valence-electron chi connectivity index (χ0n) is 12.6. The molecule has 1 aromatic heterocycles. The number of fused-ring (bicyclic) bond motifs is 1. The number of hydrogen-bond donors (Lipinski definition) is 1. The number of halogens is 1. The first-order chi connectivity index (χ1) is 11.2. The molecule has 0 unspecified atom stereocenters. The van der Waals surface area contributed by atoms with Gasteiger partial charge in [-0.05, 0) is 36.3 Å². The van der Waals surface area contributed by atoms with Gasteiger partial charge in [-0.1, -0.05) is 57.9 Å². The van der Waals surface area contributed by atoms with Gasteiger partial charge in [0, 0.05) is 10.2 Å². The second kappa shape index (κ2) is 5.66. The molecule has 0 fully saturated rings. The molecule has 23 heavy (non-hydrogen) atoms. The third-order valence-corrected chi connectivity index (χ3v) is 4.51. The zero-order valence-corrected chi connectivity index (χ0v) is 14.2. The molecule has 0 saturated heterocycles. The summed E-state index contributed by atoms with van der Waals surface area (Å²) in [5.74, 6) is 0.760. The number of nitrogens with one attached hydrogen (secondary N) is 1. The van der Waals surface area contributed by atoms with E-state index in [0.29, 0.717) is 0 Å². The molecule has 5 heteroatoms. The predicted octanol–water partition coefficient (Wildman–Crippen LogP) is 4.41. The van der Waals surface area contributed by atoms with Crippen molar-refractivity contribution in [2.75, 3.05) is 5.32 Å². The molecule has 4 rings (SSSR count). The Kier molecular flexibility index (Phi) is 3.50. The Balaban J connectivity index is 1.79. The summed E-state index contributed by atoms with van der Waals surface area (Å²) in [6.45, 7) is 2.09. The minimum Gasteiger partial charge on any atom is -0.324 e. The molecule has 0 aliphatic carbocycles. The first-order valence-corrected chi connectivity index (χ1v) is 8.21. The molecule has 2 heterocycles. The molecule has 4 nitrogen and oxygen atoms in total. The standard InChI is InChI=1S/C18H15BrN4/c1-12-2-4-13(5-3-12)16-10-17(14-6-8-15(19)9-7-14)23-18(22-16)20-11-21-23/h2-11,17H,1H3,(H,20,21,22)/t17-/m0/s1. The van der Waals surface area contributed by atoms with Gasteiger partial charge in [0.2, 0.25) is 5.95 Å². The Morgan fingerprint density at radius 3 is 2.52 bits per heavy atom. The molecule has 3 aromatic rings. The molecule has 114 valence electrons. The third kappa shape index (κ3) is 2.68. The lowest BCUT2D eigenvalue weighted by Crippen LogP contribution is -2.20. The molecule has 1 N–H and O–H groups in total. The van der Waals surface area contributed by atoms with Crippen molar-refractivity contribution in [1.29, 1.82) is 0 Å². The first-order valence-electron chi connectivity index (χ1n) is 7.41. The van der Waals surface area contributed by atoms with E-state index in [1.165, 1.54) is 11.1 Å². The van der Waals surface area contributed by atoms with Crippen molar-refractivity contribution >= 4 is 27.6 Å². The van der Waals surface area contributed by atoms with Crippen molar-refractivity contribution < 1.29 is 0 Å². The Morgan fingerprint density at radius 2 is 1.78 bits per heavy atom. The van der Waals surface area contributed by atoms with Crippen molar-refractivity contribution in [2.24, 2.45) is 0 Å². The average Bonchev–Trinajstić information content (AvgIpc) is 3.04. The van der Waals surface area contributed by atoms with Gasteiger partial charge in [-0.15, -0.1) is 0 Å². The lowest BCUT2D eigenvalue weighted by atomic mass is 10.0. The fourth-order valence-electron chi connectivity index (χ4n) is 2.73. The summed E-state index contributed by atoms with van der Waals surface area (Å²) in [5.41, 5.74) is 4.62. The van der Waals surface area contributed by atoms with Crippen LogP contribution in [0.1, 0.15) is 22.7 Å². The number of anilines is 1. The van der Waals surface area contributed by atoms with Gasteiger partial charge in [0.1, 0.15) is 12.4 Å². The normalized spacial score (nSPS) is 16.4. The molecule has 1 atom stereocenters. The van der Waals surface area contributed by atoms with Crippen molar-refractivity contribution in [2.45, 2.75) is 13.0 Å². The molecule has 0 spiro atoms. The Bertz CT molecular complexity index is 863. The molecule has 2 aromatic carbocycles. The van der Waals surface area contributed by atoms with E-state index in [-0.39, 0.29) is 6.04 Å². The van der Waals surface area contributed by atoms with Crippen LogP contribution in [0.4, 0.5) is 5.95 Å². The average molecular weight is 367 g/mol. The van der Waals surface area contributed by atoms with Crippen LogP contribution in [0.15, 0.2) is 65.4 Å². The topological polar surface area (TPSA) is 42.7 Å². The molecule has 0 radical (unpaired) electrons. The van der Waals surface area contributed by atoms with Gasteiger partial charge in [-0.25, -0.2) is 4.68 Å². The number of benzene rings is 2. The van der Waals surface area contributed by atoms with Gasteiger partial charge in [0.15, 0.2) is 0 Å². The highest BCUT2D eigenvalue weighted by molar-refractivity contribution is 9.10. The predicted molar refractivity (Wildman–Crippen MR) is 95.1 cm³/mol. The van der Waals surface area contributed by atoms with Crippen LogP contribution in [-0.2, 0) is 0 Å². The highest BCUT2D eigenvalue weighted by atomic mass is 79.9. The van der Waals surface area contributed by atoms with Crippen LogP contribution in [0.5, 0.6) is 0 Å². The summed E-state index contributed by atoms with van der Waals surface area (Å²) in [6.07, 6.45) is 3.77. The molecule has 0 saturated carbocycles. The highest BCUT2D eigenvalue weighted by Gasteiger charge is 2.23. The number of rotatable bonds is 2. The fourth-order valence-corrected chi connectivity index (χ4v) is 3.00. The maximum absolute atomic E-state index is 4.37.